The minimum atomic E-state index is 0.170. The van der Waals surface area contributed by atoms with Crippen molar-refractivity contribution in [3.63, 3.8) is 0 Å². The molecule has 0 bridgehead atoms. The fourth-order valence-electron chi connectivity index (χ4n) is 1.49. The van der Waals surface area contributed by atoms with Crippen LogP contribution in [0, 0.1) is 5.92 Å². The molecule has 4 heteroatoms. The van der Waals surface area contributed by atoms with Gasteiger partial charge in [-0.2, -0.15) is 11.8 Å². The summed E-state index contributed by atoms with van der Waals surface area (Å²) in [6.07, 6.45) is 4.09. The monoisotopic (exact) mass is 254 g/mol. The van der Waals surface area contributed by atoms with Crippen molar-refractivity contribution in [2.24, 2.45) is 5.92 Å². The molecule has 0 amide bonds. The highest BCUT2D eigenvalue weighted by Crippen LogP contribution is 2.22. The largest absolute Gasteiger partial charge is 0.487 e. The third kappa shape index (κ3) is 5.31. The minimum absolute atomic E-state index is 0.170. The average Bonchev–Trinajstić information content (AvgIpc) is 2.27. The van der Waals surface area contributed by atoms with E-state index in [0.717, 1.165) is 23.9 Å². The van der Waals surface area contributed by atoms with E-state index < -0.39 is 0 Å². The van der Waals surface area contributed by atoms with Gasteiger partial charge >= 0.3 is 0 Å². The molecular weight excluding hydrogens is 232 g/mol. The maximum atomic E-state index is 5.71. The van der Waals surface area contributed by atoms with Crippen molar-refractivity contribution in [3.8, 4) is 5.75 Å². The van der Waals surface area contributed by atoms with Crippen LogP contribution in [-0.4, -0.2) is 29.6 Å². The lowest BCUT2D eigenvalue weighted by Crippen LogP contribution is -2.15. The lowest BCUT2D eigenvalue weighted by Gasteiger charge is -2.16. The number of nitrogens with zero attached hydrogens (tertiary/aromatic N) is 1. The van der Waals surface area contributed by atoms with Crippen LogP contribution >= 0.6 is 11.8 Å². The number of hydrogen-bond donors (Lipinski definition) is 1. The highest BCUT2D eigenvalue weighted by atomic mass is 32.2. The predicted octanol–water partition coefficient (Wildman–Crippen LogP) is 3.28. The quantitative estimate of drug-likeness (QED) is 0.809. The summed E-state index contributed by atoms with van der Waals surface area (Å²) in [5.41, 5.74) is 0. The van der Waals surface area contributed by atoms with Gasteiger partial charge in [-0.05, 0) is 43.9 Å². The first kappa shape index (κ1) is 14.2. The van der Waals surface area contributed by atoms with E-state index in [2.05, 4.69) is 23.5 Å². The summed E-state index contributed by atoms with van der Waals surface area (Å²) in [5, 5.41) is 3.35. The lowest BCUT2D eigenvalue weighted by molar-refractivity contribution is 0.243. The Morgan fingerprint density at radius 3 is 2.82 bits per heavy atom. The number of rotatable bonds is 7. The molecule has 0 aromatic carbocycles. The van der Waals surface area contributed by atoms with Gasteiger partial charge in [0, 0.05) is 12.7 Å². The van der Waals surface area contributed by atoms with E-state index >= 15 is 0 Å². The van der Waals surface area contributed by atoms with Gasteiger partial charge in [-0.25, -0.2) is 4.98 Å². The van der Waals surface area contributed by atoms with Gasteiger partial charge in [0.1, 0.15) is 0 Å². The predicted molar refractivity (Wildman–Crippen MR) is 76.0 cm³/mol. The summed E-state index contributed by atoms with van der Waals surface area (Å²) in [4.78, 5) is 4.32. The third-order valence-corrected chi connectivity index (χ3v) is 3.10. The molecule has 0 saturated carbocycles. The number of anilines is 1. The van der Waals surface area contributed by atoms with E-state index in [4.69, 9.17) is 4.74 Å². The zero-order chi connectivity index (χ0) is 12.7. The number of nitrogens with one attached hydrogen (secondary N) is 1. The molecule has 0 fully saturated rings. The molecule has 1 atom stereocenters. The summed E-state index contributed by atoms with van der Waals surface area (Å²) in [5.74, 6) is 3.45. The molecule has 1 N–H and O–H groups in total. The first-order valence-electron chi connectivity index (χ1n) is 5.98. The molecule has 0 radical (unpaired) electrons. The molecule has 0 aliphatic heterocycles. The second-order valence-corrected chi connectivity index (χ2v) is 5.37. The van der Waals surface area contributed by atoms with Gasteiger partial charge in [0.2, 0.25) is 0 Å². The van der Waals surface area contributed by atoms with Gasteiger partial charge in [-0.3, -0.25) is 0 Å². The topological polar surface area (TPSA) is 34.2 Å². The van der Waals surface area contributed by atoms with Crippen LogP contribution in [0.1, 0.15) is 20.8 Å². The molecule has 0 aliphatic carbocycles. The van der Waals surface area contributed by atoms with Crippen LogP contribution in [0.3, 0.4) is 0 Å². The van der Waals surface area contributed by atoms with Crippen LogP contribution < -0.4 is 10.1 Å². The minimum Gasteiger partial charge on any atom is -0.487 e. The molecule has 1 aromatic heterocycles. The molecular formula is C13H22N2OS. The Labute approximate surface area is 108 Å². The summed E-state index contributed by atoms with van der Waals surface area (Å²) in [7, 11) is 0. The molecule has 1 aromatic rings. The Morgan fingerprint density at radius 2 is 2.18 bits per heavy atom. The van der Waals surface area contributed by atoms with Crippen molar-refractivity contribution in [3.05, 3.63) is 18.3 Å². The number of ether oxygens (including phenoxy) is 1. The first-order valence-corrected chi connectivity index (χ1v) is 7.37. The zero-order valence-electron chi connectivity index (χ0n) is 11.1. The zero-order valence-corrected chi connectivity index (χ0v) is 11.9. The van der Waals surface area contributed by atoms with Gasteiger partial charge < -0.3 is 10.1 Å². The normalized spacial score (nSPS) is 12.5. The standard InChI is InChI=1S/C13H22N2OS/c1-10(2)16-12-6-5-7-14-13(12)15-8-11(3)9-17-4/h5-7,10-11H,8-9H2,1-4H3,(H,14,15). The van der Waals surface area contributed by atoms with Gasteiger partial charge in [-0.1, -0.05) is 6.92 Å². The SMILES string of the molecule is CSCC(C)CNc1ncccc1OC(C)C. The van der Waals surface area contributed by atoms with Gasteiger partial charge in [-0.15, -0.1) is 0 Å². The van der Waals surface area contributed by atoms with Crippen molar-refractivity contribution in [2.45, 2.75) is 26.9 Å². The summed E-state index contributed by atoms with van der Waals surface area (Å²) in [6, 6.07) is 3.85. The molecule has 0 aliphatic rings. The van der Waals surface area contributed by atoms with Gasteiger partial charge in [0.05, 0.1) is 6.10 Å². The van der Waals surface area contributed by atoms with E-state index in [-0.39, 0.29) is 6.10 Å². The average molecular weight is 254 g/mol. The van der Waals surface area contributed by atoms with Gasteiger partial charge in [0.15, 0.2) is 11.6 Å². The number of pyridine rings is 1. The molecule has 3 nitrogen and oxygen atoms in total. The van der Waals surface area contributed by atoms with E-state index in [1.807, 2.05) is 37.7 Å². The highest BCUT2D eigenvalue weighted by molar-refractivity contribution is 7.98. The van der Waals surface area contributed by atoms with Crippen LogP contribution in [0.25, 0.3) is 0 Å². The second-order valence-electron chi connectivity index (χ2n) is 4.46. The number of aromatic nitrogens is 1. The maximum Gasteiger partial charge on any atom is 0.168 e. The summed E-state index contributed by atoms with van der Waals surface area (Å²) < 4.78 is 5.71. The lowest BCUT2D eigenvalue weighted by atomic mass is 10.2. The molecule has 96 valence electrons. The molecule has 1 rings (SSSR count). The Morgan fingerprint density at radius 1 is 1.41 bits per heavy atom. The number of hydrogen-bond acceptors (Lipinski definition) is 4. The highest BCUT2D eigenvalue weighted by Gasteiger charge is 2.07. The summed E-state index contributed by atoms with van der Waals surface area (Å²) >= 11 is 1.87. The Kier molecular flexibility index (Phi) is 6.19. The Bertz CT molecular complexity index is 331. The van der Waals surface area contributed by atoms with Crippen LogP contribution in [0.2, 0.25) is 0 Å². The molecule has 1 heterocycles. The Hall–Kier alpha value is -0.900. The first-order chi connectivity index (χ1) is 8.13. The molecule has 17 heavy (non-hydrogen) atoms. The van der Waals surface area contributed by atoms with E-state index in [1.54, 1.807) is 6.20 Å². The van der Waals surface area contributed by atoms with Crippen molar-refractivity contribution >= 4 is 17.6 Å². The number of thioether (sulfide) groups is 1. The molecule has 0 saturated heterocycles. The fourth-order valence-corrected chi connectivity index (χ4v) is 2.17. The van der Waals surface area contributed by atoms with Crippen LogP contribution in [-0.2, 0) is 0 Å². The maximum absolute atomic E-state index is 5.71. The molecule has 0 spiro atoms. The third-order valence-electron chi connectivity index (χ3n) is 2.20. The van der Waals surface area contributed by atoms with E-state index in [0.29, 0.717) is 5.92 Å². The summed E-state index contributed by atoms with van der Waals surface area (Å²) in [6.45, 7) is 7.20. The van der Waals surface area contributed by atoms with Crippen LogP contribution in [0.15, 0.2) is 18.3 Å². The molecule has 1 unspecified atom stereocenters. The van der Waals surface area contributed by atoms with Crippen LogP contribution in [0.4, 0.5) is 5.82 Å². The Balaban J connectivity index is 2.57. The van der Waals surface area contributed by atoms with Crippen molar-refractivity contribution in [2.75, 3.05) is 23.9 Å². The second kappa shape index (κ2) is 7.43. The van der Waals surface area contributed by atoms with Gasteiger partial charge in [0.25, 0.3) is 0 Å². The van der Waals surface area contributed by atoms with Crippen molar-refractivity contribution in [1.82, 2.24) is 4.98 Å². The smallest absolute Gasteiger partial charge is 0.168 e. The fraction of sp³-hybridized carbons (Fsp3) is 0.615. The van der Waals surface area contributed by atoms with Crippen molar-refractivity contribution < 1.29 is 4.74 Å². The van der Waals surface area contributed by atoms with Crippen molar-refractivity contribution in [1.29, 1.82) is 0 Å². The van der Waals surface area contributed by atoms with Crippen LogP contribution in [0.5, 0.6) is 5.75 Å². The van der Waals surface area contributed by atoms with E-state index in [9.17, 15) is 0 Å². The van der Waals surface area contributed by atoms with E-state index in [1.165, 1.54) is 0 Å².